The van der Waals surface area contributed by atoms with Crippen molar-refractivity contribution in [1.82, 2.24) is 0 Å². The second-order valence-corrected chi connectivity index (χ2v) is 12.1. The van der Waals surface area contributed by atoms with Crippen molar-refractivity contribution < 1.29 is 75.1 Å². The Balaban J connectivity index is -0.000000843. The molecule has 0 unspecified atom stereocenters. The van der Waals surface area contributed by atoms with Gasteiger partial charge in [-0.05, 0) is 12.8 Å². The molecule has 0 atom stereocenters. The normalized spacial score (nSPS) is 11.2. The van der Waals surface area contributed by atoms with E-state index in [0.717, 1.165) is 13.2 Å². The van der Waals surface area contributed by atoms with Crippen LogP contribution >= 0.6 is 0 Å². The summed E-state index contributed by atoms with van der Waals surface area (Å²) in [6, 6.07) is 0. The fourth-order valence-electron chi connectivity index (χ4n) is 4.90. The fourth-order valence-corrected chi connectivity index (χ4v) is 4.90. The van der Waals surface area contributed by atoms with Crippen molar-refractivity contribution >= 4 is 10.4 Å². The third-order valence-electron chi connectivity index (χ3n) is 7.28. The third kappa shape index (κ3) is 56.0. The summed E-state index contributed by atoms with van der Waals surface area (Å²) in [5.74, 6) is 0. The molecule has 7 heteroatoms. The van der Waals surface area contributed by atoms with Crippen LogP contribution in [0, 0.1) is 0 Å². The van der Waals surface area contributed by atoms with Gasteiger partial charge in [0.1, 0.15) is 0 Å². The molecule has 0 spiro atoms. The van der Waals surface area contributed by atoms with Crippen molar-refractivity contribution in [2.75, 3.05) is 13.2 Å². The Kier molecular flexibility index (Phi) is 45.4. The smallest absolute Gasteiger partial charge is 1.00 e. The zero-order valence-electron chi connectivity index (χ0n) is 27.7. The maximum atomic E-state index is 8.74. The molecule has 0 heterocycles. The van der Waals surface area contributed by atoms with Gasteiger partial charge in [0.25, 0.3) is 0 Å². The van der Waals surface area contributed by atoms with Crippen molar-refractivity contribution in [3.8, 4) is 0 Å². The molecule has 0 aromatic rings. The van der Waals surface area contributed by atoms with Crippen LogP contribution in [0.1, 0.15) is 195 Å². The van der Waals surface area contributed by atoms with Crippen LogP contribution in [0.2, 0.25) is 0 Å². The van der Waals surface area contributed by atoms with Gasteiger partial charge in [-0.1, -0.05) is 181 Å². The minimum atomic E-state index is -4.67. The van der Waals surface area contributed by atoms with Crippen molar-refractivity contribution in [1.29, 1.82) is 0 Å². The molecule has 0 aromatic carbocycles. The minimum Gasteiger partial charge on any atom is -1.00 e. The van der Waals surface area contributed by atoms with Gasteiger partial charge in [0.15, 0.2) is 0 Å². The van der Waals surface area contributed by atoms with E-state index in [-0.39, 0.29) is 52.8 Å². The Morgan fingerprint density at radius 1 is 0.410 bits per heavy atom. The molecule has 0 bridgehead atoms. The Labute approximate surface area is 289 Å². The molecule has 0 saturated heterocycles. The van der Waals surface area contributed by atoms with Crippen molar-refractivity contribution in [2.45, 2.75) is 194 Å². The molecule has 39 heavy (non-hydrogen) atoms. The van der Waals surface area contributed by atoms with Gasteiger partial charge < -0.3 is 6.16 Å². The fraction of sp³-hybridized carbons (Fsp3) is 1.00. The maximum Gasteiger partial charge on any atom is 1.00 e. The van der Waals surface area contributed by atoms with E-state index in [9.17, 15) is 0 Å². The molecule has 0 fully saturated rings. The second-order valence-electron chi connectivity index (χ2n) is 11.3. The summed E-state index contributed by atoms with van der Waals surface area (Å²) in [5.41, 5.74) is 0. The van der Waals surface area contributed by atoms with Crippen LogP contribution in [0.3, 0.4) is 0 Å². The number of hydrogen-bond acceptors (Lipinski definition) is 3. The van der Waals surface area contributed by atoms with Crippen molar-refractivity contribution in [3.63, 3.8) is 0 Å². The van der Waals surface area contributed by atoms with E-state index in [1.807, 2.05) is 0 Å². The van der Waals surface area contributed by atoms with Crippen LogP contribution in [0.15, 0.2) is 0 Å². The summed E-state index contributed by atoms with van der Waals surface area (Å²) in [5, 5.41) is 0. The first-order chi connectivity index (χ1) is 18.4. The van der Waals surface area contributed by atoms with Gasteiger partial charge in [0.2, 0.25) is 0 Å². The summed E-state index contributed by atoms with van der Waals surface area (Å²) in [6.07, 6.45) is 40.1. The molecular weight excluding hydrogens is 536 g/mol. The summed E-state index contributed by atoms with van der Waals surface area (Å²) in [6.45, 7) is 6.59. The van der Waals surface area contributed by atoms with Crippen LogP contribution in [0.25, 0.3) is 0 Å². The van der Waals surface area contributed by atoms with E-state index in [4.69, 9.17) is 22.3 Å². The van der Waals surface area contributed by atoms with Gasteiger partial charge in [-0.25, -0.2) is 0 Å². The first kappa shape index (κ1) is 44.9. The van der Waals surface area contributed by atoms with E-state index in [2.05, 4.69) is 13.8 Å². The van der Waals surface area contributed by atoms with Crippen LogP contribution in [0.5, 0.6) is 0 Å². The molecule has 0 rings (SSSR count). The first-order valence-electron chi connectivity index (χ1n) is 16.7. The van der Waals surface area contributed by atoms with Crippen molar-refractivity contribution in [3.05, 3.63) is 0 Å². The van der Waals surface area contributed by atoms with Gasteiger partial charge in [-0.3, -0.25) is 9.11 Å². The molecule has 0 aliphatic carbocycles. The standard InChI is InChI=1S/C32H66O.K.H2O4S.H/c1-3-5-7-9-11-13-15-17-19-21-23-25-27-29-31-33-32-30-28-26-24-22-20-18-16-14-12-10-8-6-4-2;;1-5(2,3)4;/h3-32H2,1-2H3;;(H2,1,2,3,4);/q;+1;;-1. The second kappa shape index (κ2) is 39.5. The number of rotatable bonds is 30. The SMILES string of the molecule is CCCCCCCCCCCCCCCCOCCCCCCCCCCCCCCCC.O=S(=O)(O)O.[H-].[K+]. The van der Waals surface area contributed by atoms with Crippen molar-refractivity contribution in [2.24, 2.45) is 0 Å². The van der Waals surface area contributed by atoms with Gasteiger partial charge in [-0.15, -0.1) is 0 Å². The first-order valence-corrected chi connectivity index (χ1v) is 18.1. The van der Waals surface area contributed by atoms with Gasteiger partial charge in [0, 0.05) is 13.2 Å². The average molecular weight is 605 g/mol. The molecule has 0 radical (unpaired) electrons. The molecule has 234 valence electrons. The van der Waals surface area contributed by atoms with Crippen LogP contribution in [-0.4, -0.2) is 30.7 Å². The monoisotopic (exact) mass is 604 g/mol. The van der Waals surface area contributed by atoms with Gasteiger partial charge >= 0.3 is 61.8 Å². The molecule has 5 nitrogen and oxygen atoms in total. The zero-order chi connectivity index (χ0) is 28.4. The van der Waals surface area contributed by atoms with E-state index in [1.165, 1.54) is 180 Å². The van der Waals surface area contributed by atoms with Gasteiger partial charge in [-0.2, -0.15) is 8.42 Å². The van der Waals surface area contributed by atoms with Crippen LogP contribution < -0.4 is 51.4 Å². The number of unbranched alkanes of at least 4 members (excludes halogenated alkanes) is 26. The molecule has 0 saturated carbocycles. The Hall–Kier alpha value is 1.47. The van der Waals surface area contributed by atoms with Crippen LogP contribution in [-0.2, 0) is 15.1 Å². The van der Waals surface area contributed by atoms with E-state index in [0.29, 0.717) is 0 Å². The predicted molar refractivity (Wildman–Crippen MR) is 167 cm³/mol. The van der Waals surface area contributed by atoms with Gasteiger partial charge in [0.05, 0.1) is 0 Å². The predicted octanol–water partition coefficient (Wildman–Crippen LogP) is 8.43. The molecule has 0 amide bonds. The Morgan fingerprint density at radius 2 is 0.564 bits per heavy atom. The molecule has 0 aliphatic rings. The van der Waals surface area contributed by atoms with E-state index in [1.54, 1.807) is 0 Å². The Bertz CT molecular complexity index is 485. The van der Waals surface area contributed by atoms with E-state index < -0.39 is 10.4 Å². The van der Waals surface area contributed by atoms with Crippen LogP contribution in [0.4, 0.5) is 0 Å². The summed E-state index contributed by atoms with van der Waals surface area (Å²) < 4.78 is 37.4. The third-order valence-corrected chi connectivity index (χ3v) is 7.28. The molecule has 2 N–H and O–H groups in total. The summed E-state index contributed by atoms with van der Waals surface area (Å²) >= 11 is 0. The number of hydrogen-bond donors (Lipinski definition) is 2. The molecule has 0 aliphatic heterocycles. The largest absolute Gasteiger partial charge is 1.00 e. The average Bonchev–Trinajstić information content (AvgIpc) is 2.87. The summed E-state index contributed by atoms with van der Waals surface area (Å²) in [7, 11) is -4.67. The zero-order valence-corrected chi connectivity index (χ0v) is 30.7. The summed E-state index contributed by atoms with van der Waals surface area (Å²) in [4.78, 5) is 0. The molecule has 0 aromatic heterocycles. The topological polar surface area (TPSA) is 83.8 Å². The Morgan fingerprint density at radius 3 is 0.744 bits per heavy atom. The maximum absolute atomic E-state index is 8.74. The quantitative estimate of drug-likeness (QED) is 0.0488. The molecular formula is C32H69KO5S. The number of ether oxygens (including phenoxy) is 1. The van der Waals surface area contributed by atoms with E-state index >= 15 is 0 Å². The minimum absolute atomic E-state index is 0.